The molecule has 1 aromatic heterocycles. The fourth-order valence-electron chi connectivity index (χ4n) is 3.86. The Morgan fingerprint density at radius 3 is 2.74 bits per heavy atom. The van der Waals surface area contributed by atoms with Crippen LogP contribution in [0.25, 0.3) is 10.9 Å². The molecule has 1 saturated heterocycles. The van der Waals surface area contributed by atoms with Crippen molar-refractivity contribution in [2.24, 2.45) is 5.73 Å². The van der Waals surface area contributed by atoms with Crippen LogP contribution in [0.4, 0.5) is 5.82 Å². The first-order valence-corrected chi connectivity index (χ1v) is 9.23. The van der Waals surface area contributed by atoms with E-state index < -0.39 is 5.91 Å². The van der Waals surface area contributed by atoms with E-state index in [2.05, 4.69) is 44.9 Å². The van der Waals surface area contributed by atoms with Gasteiger partial charge >= 0.3 is 0 Å². The van der Waals surface area contributed by atoms with E-state index in [-0.39, 0.29) is 6.04 Å². The monoisotopic (exact) mass is 361 g/mol. The summed E-state index contributed by atoms with van der Waals surface area (Å²) in [6.45, 7) is 3.67. The minimum Gasteiger partial charge on any atom is -0.366 e. The van der Waals surface area contributed by atoms with Crippen LogP contribution >= 0.6 is 0 Å². The van der Waals surface area contributed by atoms with Gasteiger partial charge < -0.3 is 16.4 Å². The predicted octanol–water partition coefficient (Wildman–Crippen LogP) is 2.59. The molecule has 2 heterocycles. The van der Waals surface area contributed by atoms with E-state index in [0.717, 1.165) is 30.7 Å². The van der Waals surface area contributed by atoms with Gasteiger partial charge in [-0.15, -0.1) is 0 Å². The number of rotatable bonds is 4. The third-order valence-corrected chi connectivity index (χ3v) is 5.14. The number of hydrogen-bond donors (Lipinski definition) is 3. The SMILES string of the molecule is Cc1nc(N[C@@H]2CNCC[C@H]2c2ccccc2)c2cccc(C(N)=O)c2n1. The highest BCUT2D eigenvalue weighted by Crippen LogP contribution is 2.30. The number of anilines is 1. The van der Waals surface area contributed by atoms with Gasteiger partial charge in [0, 0.05) is 23.9 Å². The Kier molecular flexibility index (Phi) is 4.73. The normalized spacial score (nSPS) is 19.7. The number of nitrogens with zero attached hydrogens (tertiary/aromatic N) is 2. The summed E-state index contributed by atoms with van der Waals surface area (Å²) in [7, 11) is 0. The molecule has 4 rings (SSSR count). The van der Waals surface area contributed by atoms with E-state index in [1.807, 2.05) is 25.1 Å². The summed E-state index contributed by atoms with van der Waals surface area (Å²) < 4.78 is 0. The number of amides is 1. The second-order valence-corrected chi connectivity index (χ2v) is 6.95. The molecule has 0 radical (unpaired) electrons. The maximum absolute atomic E-state index is 11.8. The van der Waals surface area contributed by atoms with Gasteiger partial charge in [-0.2, -0.15) is 0 Å². The fourth-order valence-corrected chi connectivity index (χ4v) is 3.86. The predicted molar refractivity (Wildman–Crippen MR) is 107 cm³/mol. The minimum absolute atomic E-state index is 0.191. The van der Waals surface area contributed by atoms with E-state index in [9.17, 15) is 4.79 Å². The molecule has 0 aliphatic carbocycles. The molecule has 0 bridgehead atoms. The number of piperidine rings is 1. The van der Waals surface area contributed by atoms with Gasteiger partial charge in [-0.3, -0.25) is 4.79 Å². The average Bonchev–Trinajstić information content (AvgIpc) is 2.68. The second kappa shape index (κ2) is 7.32. The number of carbonyl (C=O) groups excluding carboxylic acids is 1. The number of fused-ring (bicyclic) bond motifs is 1. The highest BCUT2D eigenvalue weighted by Gasteiger charge is 2.27. The van der Waals surface area contributed by atoms with Crippen LogP contribution in [0.5, 0.6) is 0 Å². The first-order chi connectivity index (χ1) is 13.1. The van der Waals surface area contributed by atoms with Gasteiger partial charge in [0.05, 0.1) is 11.1 Å². The van der Waals surface area contributed by atoms with Crippen LogP contribution in [0.15, 0.2) is 48.5 Å². The number of nitrogens with one attached hydrogen (secondary N) is 2. The van der Waals surface area contributed by atoms with E-state index in [4.69, 9.17) is 5.73 Å². The van der Waals surface area contributed by atoms with Crippen LogP contribution in [0.1, 0.15) is 34.1 Å². The zero-order valence-electron chi connectivity index (χ0n) is 15.3. The first kappa shape index (κ1) is 17.4. The molecule has 0 saturated carbocycles. The first-order valence-electron chi connectivity index (χ1n) is 9.23. The van der Waals surface area contributed by atoms with Crippen LogP contribution < -0.4 is 16.4 Å². The lowest BCUT2D eigenvalue weighted by molar-refractivity contribution is 0.100. The van der Waals surface area contributed by atoms with Crippen molar-refractivity contribution in [3.05, 3.63) is 65.5 Å². The molecule has 0 spiro atoms. The molecule has 0 unspecified atom stereocenters. The maximum atomic E-state index is 11.8. The number of primary amides is 1. The molecule has 2 atom stereocenters. The number of aryl methyl sites for hydroxylation is 1. The number of hydrogen-bond acceptors (Lipinski definition) is 5. The van der Waals surface area contributed by atoms with Gasteiger partial charge in [-0.05, 0) is 37.6 Å². The fraction of sp³-hybridized carbons (Fsp3) is 0.286. The van der Waals surface area contributed by atoms with Crippen molar-refractivity contribution < 1.29 is 4.79 Å². The van der Waals surface area contributed by atoms with Crippen LogP contribution in [-0.2, 0) is 0 Å². The average molecular weight is 361 g/mol. The molecular formula is C21H23N5O. The van der Waals surface area contributed by atoms with Crippen molar-refractivity contribution in [2.45, 2.75) is 25.3 Å². The molecule has 1 aliphatic heterocycles. The molecule has 1 fully saturated rings. The van der Waals surface area contributed by atoms with Gasteiger partial charge in [-0.1, -0.05) is 36.4 Å². The van der Waals surface area contributed by atoms with E-state index in [1.165, 1.54) is 5.56 Å². The number of carbonyl (C=O) groups is 1. The minimum atomic E-state index is -0.480. The number of nitrogens with two attached hydrogens (primary N) is 1. The molecule has 138 valence electrons. The summed E-state index contributed by atoms with van der Waals surface area (Å²) in [5.41, 5.74) is 7.87. The number of aromatic nitrogens is 2. The lowest BCUT2D eigenvalue weighted by Gasteiger charge is -2.34. The lowest BCUT2D eigenvalue weighted by Crippen LogP contribution is -2.44. The largest absolute Gasteiger partial charge is 0.366 e. The van der Waals surface area contributed by atoms with Gasteiger partial charge in [0.25, 0.3) is 5.91 Å². The van der Waals surface area contributed by atoms with Crippen molar-refractivity contribution in [1.82, 2.24) is 15.3 Å². The van der Waals surface area contributed by atoms with Gasteiger partial charge in [0.1, 0.15) is 11.6 Å². The lowest BCUT2D eigenvalue weighted by atomic mass is 9.86. The van der Waals surface area contributed by atoms with Crippen LogP contribution in [0.3, 0.4) is 0 Å². The molecule has 4 N–H and O–H groups in total. The summed E-state index contributed by atoms with van der Waals surface area (Å²) >= 11 is 0. The molecule has 2 aromatic carbocycles. The van der Waals surface area contributed by atoms with Crippen LogP contribution in [0.2, 0.25) is 0 Å². The molecule has 1 amide bonds. The Morgan fingerprint density at radius 2 is 1.96 bits per heavy atom. The van der Waals surface area contributed by atoms with Crippen molar-refractivity contribution in [1.29, 1.82) is 0 Å². The Balaban J connectivity index is 1.74. The molecule has 3 aromatic rings. The smallest absolute Gasteiger partial charge is 0.250 e. The third-order valence-electron chi connectivity index (χ3n) is 5.14. The molecule has 1 aliphatic rings. The standard InChI is InChI=1S/C21H23N5O/c1-13-24-19-16(20(22)27)8-5-9-17(19)21(25-13)26-18-12-23-11-10-15(18)14-6-3-2-4-7-14/h2-9,15,18,23H,10-12H2,1H3,(H2,22,27)(H,24,25,26)/t15-,18+/m0/s1. The van der Waals surface area contributed by atoms with Gasteiger partial charge in [0.2, 0.25) is 0 Å². The topological polar surface area (TPSA) is 92.9 Å². The summed E-state index contributed by atoms with van der Waals surface area (Å²) in [5.74, 6) is 1.26. The number of para-hydroxylation sites is 1. The molecule has 27 heavy (non-hydrogen) atoms. The van der Waals surface area contributed by atoms with Crippen molar-refractivity contribution in [2.75, 3.05) is 18.4 Å². The van der Waals surface area contributed by atoms with Crippen molar-refractivity contribution >= 4 is 22.6 Å². The van der Waals surface area contributed by atoms with E-state index in [1.54, 1.807) is 6.07 Å². The Hall–Kier alpha value is -2.99. The summed E-state index contributed by atoms with van der Waals surface area (Å²) in [5, 5.41) is 7.89. The number of benzene rings is 2. The third kappa shape index (κ3) is 3.48. The Labute approximate surface area is 158 Å². The summed E-state index contributed by atoms with van der Waals surface area (Å²) in [4.78, 5) is 20.9. The Morgan fingerprint density at radius 1 is 1.15 bits per heavy atom. The van der Waals surface area contributed by atoms with E-state index >= 15 is 0 Å². The van der Waals surface area contributed by atoms with Gasteiger partial charge in [0.15, 0.2) is 0 Å². The van der Waals surface area contributed by atoms with Gasteiger partial charge in [-0.25, -0.2) is 9.97 Å². The highest BCUT2D eigenvalue weighted by molar-refractivity contribution is 6.07. The molecule has 6 nitrogen and oxygen atoms in total. The second-order valence-electron chi connectivity index (χ2n) is 6.95. The van der Waals surface area contributed by atoms with Crippen LogP contribution in [0, 0.1) is 6.92 Å². The maximum Gasteiger partial charge on any atom is 0.250 e. The quantitative estimate of drug-likeness (QED) is 0.664. The molecular weight excluding hydrogens is 338 g/mol. The van der Waals surface area contributed by atoms with Crippen molar-refractivity contribution in [3.63, 3.8) is 0 Å². The summed E-state index contributed by atoms with van der Waals surface area (Å²) in [6, 6.07) is 16.2. The van der Waals surface area contributed by atoms with Crippen molar-refractivity contribution in [3.8, 4) is 0 Å². The van der Waals surface area contributed by atoms with Crippen LogP contribution in [-0.4, -0.2) is 35.0 Å². The molecule has 6 heteroatoms. The Bertz CT molecular complexity index is 973. The zero-order valence-corrected chi connectivity index (χ0v) is 15.3. The summed E-state index contributed by atoms with van der Waals surface area (Å²) in [6.07, 6.45) is 1.05. The highest BCUT2D eigenvalue weighted by atomic mass is 16.1. The van der Waals surface area contributed by atoms with E-state index in [0.29, 0.717) is 22.8 Å². The zero-order chi connectivity index (χ0) is 18.8.